The molecule has 2 N–H and O–H groups in total. The van der Waals surface area contributed by atoms with Gasteiger partial charge in [0.05, 0.1) is 24.6 Å². The van der Waals surface area contributed by atoms with E-state index in [-0.39, 0.29) is 22.3 Å². The van der Waals surface area contributed by atoms with Crippen molar-refractivity contribution in [3.05, 3.63) is 46.9 Å². The number of ether oxygens (including phenoxy) is 2. The molecular weight excluding hydrogens is 340 g/mol. The fourth-order valence-corrected chi connectivity index (χ4v) is 1.99. The van der Waals surface area contributed by atoms with Crippen LogP contribution in [0.15, 0.2) is 40.0 Å². The Morgan fingerprint density at radius 3 is 2.88 bits per heavy atom. The first-order chi connectivity index (χ1) is 11.5. The molecule has 1 amide bonds. The predicted molar refractivity (Wildman–Crippen MR) is 84.9 cm³/mol. The lowest BCUT2D eigenvalue weighted by Crippen LogP contribution is -2.16. The van der Waals surface area contributed by atoms with Gasteiger partial charge in [0.2, 0.25) is 0 Å². The second-order valence-electron chi connectivity index (χ2n) is 4.39. The highest BCUT2D eigenvalue weighted by Crippen LogP contribution is 2.36. The van der Waals surface area contributed by atoms with E-state index in [0.29, 0.717) is 5.56 Å². The molecule has 8 nitrogen and oxygen atoms in total. The molecule has 2 rings (SSSR count). The van der Waals surface area contributed by atoms with E-state index in [0.717, 1.165) is 0 Å². The van der Waals surface area contributed by atoms with Crippen LogP contribution in [0.4, 0.5) is 0 Å². The molecule has 0 unspecified atom stereocenters. The fourth-order valence-electron chi connectivity index (χ4n) is 1.72. The maximum absolute atomic E-state index is 11.6. The lowest BCUT2D eigenvalue weighted by atomic mass is 10.2. The third kappa shape index (κ3) is 4.50. The van der Waals surface area contributed by atoms with Crippen LogP contribution in [0.25, 0.3) is 0 Å². The van der Waals surface area contributed by atoms with E-state index in [1.54, 1.807) is 6.07 Å². The van der Waals surface area contributed by atoms with Gasteiger partial charge in [0.15, 0.2) is 23.9 Å². The summed E-state index contributed by atoms with van der Waals surface area (Å²) in [6.45, 7) is -0.553. The first-order valence-corrected chi connectivity index (χ1v) is 6.98. The molecule has 0 saturated heterocycles. The molecule has 0 fully saturated rings. The summed E-state index contributed by atoms with van der Waals surface area (Å²) in [6.07, 6.45) is 2.72. The highest BCUT2D eigenvalue weighted by Gasteiger charge is 2.13. The van der Waals surface area contributed by atoms with Gasteiger partial charge in [-0.2, -0.15) is 5.10 Å². The Morgan fingerprint density at radius 1 is 1.46 bits per heavy atom. The highest BCUT2D eigenvalue weighted by molar-refractivity contribution is 6.32. The SMILES string of the molecule is COc1cc(C=NNC(=O)c2ccco2)cc(Cl)c1OCC(=O)O. The lowest BCUT2D eigenvalue weighted by molar-refractivity contribution is -0.139. The molecule has 0 saturated carbocycles. The van der Waals surface area contributed by atoms with E-state index in [1.807, 2.05) is 0 Å². The number of carboxylic acids is 1. The maximum Gasteiger partial charge on any atom is 0.341 e. The molecule has 24 heavy (non-hydrogen) atoms. The number of hydrazone groups is 1. The van der Waals surface area contributed by atoms with Crippen LogP contribution in [0.5, 0.6) is 11.5 Å². The molecule has 0 bridgehead atoms. The monoisotopic (exact) mass is 352 g/mol. The Kier molecular flexibility index (Phi) is 5.80. The molecule has 1 aromatic carbocycles. The molecule has 9 heteroatoms. The average Bonchev–Trinajstić information content (AvgIpc) is 3.07. The molecular formula is C15H13ClN2O6. The highest BCUT2D eigenvalue weighted by atomic mass is 35.5. The first kappa shape index (κ1) is 17.4. The van der Waals surface area contributed by atoms with Crippen LogP contribution in [-0.2, 0) is 4.79 Å². The maximum atomic E-state index is 11.6. The third-order valence-corrected chi connectivity index (χ3v) is 3.00. The van der Waals surface area contributed by atoms with Gasteiger partial charge in [-0.25, -0.2) is 10.2 Å². The van der Waals surface area contributed by atoms with Crippen LogP contribution in [-0.4, -0.2) is 36.9 Å². The molecule has 0 atom stereocenters. The number of carbonyl (C=O) groups is 2. The number of carbonyl (C=O) groups excluding carboxylic acids is 1. The lowest BCUT2D eigenvalue weighted by Gasteiger charge is -2.11. The Hall–Kier alpha value is -3.00. The molecule has 2 aromatic rings. The number of benzene rings is 1. The summed E-state index contributed by atoms with van der Waals surface area (Å²) in [6, 6.07) is 6.11. The molecule has 0 aliphatic heterocycles. The van der Waals surface area contributed by atoms with Gasteiger partial charge in [-0.3, -0.25) is 4.79 Å². The summed E-state index contributed by atoms with van der Waals surface area (Å²) in [4.78, 5) is 22.2. The van der Waals surface area contributed by atoms with Gasteiger partial charge in [-0.15, -0.1) is 0 Å². The van der Waals surface area contributed by atoms with Crippen molar-refractivity contribution in [2.24, 2.45) is 5.10 Å². The summed E-state index contributed by atoms with van der Waals surface area (Å²) in [5.74, 6) is -1.17. The zero-order chi connectivity index (χ0) is 17.5. The zero-order valence-corrected chi connectivity index (χ0v) is 13.2. The van der Waals surface area contributed by atoms with E-state index in [2.05, 4.69) is 10.5 Å². The number of nitrogens with one attached hydrogen (secondary N) is 1. The van der Waals surface area contributed by atoms with Crippen LogP contribution in [0.3, 0.4) is 0 Å². The Labute approximate surface area is 141 Å². The Morgan fingerprint density at radius 2 is 2.25 bits per heavy atom. The van der Waals surface area contributed by atoms with Crippen molar-refractivity contribution >= 4 is 29.7 Å². The smallest absolute Gasteiger partial charge is 0.341 e. The topological polar surface area (TPSA) is 110 Å². The van der Waals surface area contributed by atoms with Crippen molar-refractivity contribution in [2.75, 3.05) is 13.7 Å². The number of nitrogens with zero attached hydrogens (tertiary/aromatic N) is 1. The number of halogens is 1. The van der Waals surface area contributed by atoms with Crippen LogP contribution < -0.4 is 14.9 Å². The molecule has 1 heterocycles. The molecule has 0 spiro atoms. The molecule has 126 valence electrons. The Bertz CT molecular complexity index is 758. The van der Waals surface area contributed by atoms with Gasteiger partial charge in [0.1, 0.15) is 0 Å². The minimum Gasteiger partial charge on any atom is -0.493 e. The zero-order valence-electron chi connectivity index (χ0n) is 12.5. The van der Waals surface area contributed by atoms with Crippen molar-refractivity contribution in [1.82, 2.24) is 5.43 Å². The molecule has 0 aliphatic rings. The normalized spacial score (nSPS) is 10.6. The number of aliphatic carboxylic acids is 1. The van der Waals surface area contributed by atoms with Crippen LogP contribution in [0.1, 0.15) is 16.1 Å². The quantitative estimate of drug-likeness (QED) is 0.583. The number of amides is 1. The van der Waals surface area contributed by atoms with Crippen LogP contribution in [0, 0.1) is 0 Å². The third-order valence-electron chi connectivity index (χ3n) is 2.72. The van der Waals surface area contributed by atoms with Crippen molar-refractivity contribution in [2.45, 2.75) is 0 Å². The number of hydrogen-bond donors (Lipinski definition) is 2. The molecule has 0 aliphatic carbocycles. The predicted octanol–water partition coefficient (Wildman–Crippen LogP) is 2.17. The minimum absolute atomic E-state index is 0.110. The average molecular weight is 353 g/mol. The van der Waals surface area contributed by atoms with Crippen molar-refractivity contribution < 1.29 is 28.6 Å². The summed E-state index contributed by atoms with van der Waals surface area (Å²) >= 11 is 6.06. The number of furan rings is 1. The van der Waals surface area contributed by atoms with Gasteiger partial charge in [-0.05, 0) is 29.8 Å². The summed E-state index contributed by atoms with van der Waals surface area (Å²) in [5.41, 5.74) is 2.80. The van der Waals surface area contributed by atoms with Gasteiger partial charge < -0.3 is 19.0 Å². The summed E-state index contributed by atoms with van der Waals surface area (Å²) < 4.78 is 15.1. The molecule has 1 aromatic heterocycles. The van der Waals surface area contributed by atoms with E-state index in [4.69, 9.17) is 30.6 Å². The largest absolute Gasteiger partial charge is 0.493 e. The number of carboxylic acid groups (broad SMARTS) is 1. The Balaban J connectivity index is 2.10. The summed E-state index contributed by atoms with van der Waals surface area (Å²) in [5, 5.41) is 12.6. The van der Waals surface area contributed by atoms with E-state index in [1.165, 1.54) is 37.8 Å². The second kappa shape index (κ2) is 8.02. The van der Waals surface area contributed by atoms with E-state index < -0.39 is 18.5 Å². The van der Waals surface area contributed by atoms with Gasteiger partial charge in [0, 0.05) is 0 Å². The molecule has 0 radical (unpaired) electrons. The van der Waals surface area contributed by atoms with Gasteiger partial charge >= 0.3 is 11.9 Å². The number of rotatable bonds is 7. The van der Waals surface area contributed by atoms with Crippen molar-refractivity contribution in [1.29, 1.82) is 0 Å². The van der Waals surface area contributed by atoms with E-state index in [9.17, 15) is 9.59 Å². The first-order valence-electron chi connectivity index (χ1n) is 6.60. The standard InChI is InChI=1S/C15H13ClN2O6/c1-22-12-6-9(5-10(16)14(12)24-8-13(19)20)7-17-18-15(21)11-3-2-4-23-11/h2-7H,8H2,1H3,(H,18,21)(H,19,20). The van der Waals surface area contributed by atoms with Crippen molar-refractivity contribution in [3.63, 3.8) is 0 Å². The van der Waals surface area contributed by atoms with Crippen LogP contribution >= 0.6 is 11.6 Å². The van der Waals surface area contributed by atoms with Gasteiger partial charge in [-0.1, -0.05) is 11.6 Å². The van der Waals surface area contributed by atoms with E-state index >= 15 is 0 Å². The summed E-state index contributed by atoms with van der Waals surface area (Å²) in [7, 11) is 1.39. The fraction of sp³-hybridized carbons (Fsp3) is 0.133. The number of methoxy groups -OCH3 is 1. The second-order valence-corrected chi connectivity index (χ2v) is 4.80. The van der Waals surface area contributed by atoms with Crippen molar-refractivity contribution in [3.8, 4) is 11.5 Å². The number of hydrogen-bond acceptors (Lipinski definition) is 6. The van der Waals surface area contributed by atoms with Crippen LogP contribution in [0.2, 0.25) is 5.02 Å². The minimum atomic E-state index is -1.14. The van der Waals surface area contributed by atoms with Gasteiger partial charge in [0.25, 0.3) is 0 Å².